The summed E-state index contributed by atoms with van der Waals surface area (Å²) >= 11 is 0. The van der Waals surface area contributed by atoms with Crippen LogP contribution in [0.2, 0.25) is 0 Å². The zero-order valence-electron chi connectivity index (χ0n) is 14.8. The number of hydrogen-bond acceptors (Lipinski definition) is 6. The fourth-order valence-corrected chi connectivity index (χ4v) is 3.70. The molecule has 3 heterocycles. The lowest BCUT2D eigenvalue weighted by Gasteiger charge is -2.07. The number of hydrogen-bond donors (Lipinski definition) is 1. The van der Waals surface area contributed by atoms with E-state index >= 15 is 0 Å². The monoisotopic (exact) mass is 381 g/mol. The van der Waals surface area contributed by atoms with Crippen LogP contribution < -0.4 is 22.4 Å². The van der Waals surface area contributed by atoms with E-state index in [1.807, 2.05) is 6.07 Å². The predicted octanol–water partition coefficient (Wildman–Crippen LogP) is 1.38. The number of fused-ring (bicyclic) bond motifs is 4. The van der Waals surface area contributed by atoms with Crippen LogP contribution in [0, 0.1) is 11.3 Å². The number of nitrogen functional groups attached to an aromatic ring is 1. The number of rotatable bonds is 1. The maximum Gasteiger partial charge on any atom is 0.284 e. The van der Waals surface area contributed by atoms with Crippen LogP contribution in [-0.2, 0) is 0 Å². The highest BCUT2D eigenvalue weighted by molar-refractivity contribution is 5.98. The van der Waals surface area contributed by atoms with Gasteiger partial charge in [-0.1, -0.05) is 42.5 Å². The topological polar surface area (TPSA) is 123 Å². The van der Waals surface area contributed by atoms with Gasteiger partial charge in [0.25, 0.3) is 16.7 Å². The first-order chi connectivity index (χ1) is 14.0. The van der Waals surface area contributed by atoms with Gasteiger partial charge in [0.05, 0.1) is 16.2 Å². The molecule has 0 saturated heterocycles. The summed E-state index contributed by atoms with van der Waals surface area (Å²) in [5, 5.41) is 9.93. The molecule has 0 radical (unpaired) electrons. The van der Waals surface area contributed by atoms with E-state index in [2.05, 4.69) is 4.98 Å². The second-order valence-corrected chi connectivity index (χ2v) is 6.51. The third-order valence-electron chi connectivity index (χ3n) is 4.96. The molecule has 0 saturated carbocycles. The summed E-state index contributed by atoms with van der Waals surface area (Å²) in [6, 6.07) is 17.0. The Morgan fingerprint density at radius 3 is 2.03 bits per heavy atom. The van der Waals surface area contributed by atoms with Crippen molar-refractivity contribution in [3.8, 4) is 17.2 Å². The number of aromatic nitrogens is 3. The Hall–Kier alpha value is -4.51. The van der Waals surface area contributed by atoms with Gasteiger partial charge in [0.15, 0.2) is 5.65 Å². The van der Waals surface area contributed by atoms with E-state index in [0.717, 1.165) is 9.03 Å². The number of nitrogens with zero attached hydrogens (tertiary/aromatic N) is 4. The third-order valence-corrected chi connectivity index (χ3v) is 4.96. The third kappa shape index (κ3) is 2.06. The molecule has 0 spiro atoms. The molecule has 0 unspecified atom stereocenters. The molecule has 0 atom stereocenters. The van der Waals surface area contributed by atoms with Crippen LogP contribution in [-0.4, -0.2) is 14.0 Å². The minimum atomic E-state index is -0.726. The van der Waals surface area contributed by atoms with Gasteiger partial charge >= 0.3 is 0 Å². The van der Waals surface area contributed by atoms with Crippen molar-refractivity contribution in [3.05, 3.63) is 91.2 Å². The zero-order chi connectivity index (χ0) is 20.3. The zero-order valence-corrected chi connectivity index (χ0v) is 14.8. The summed E-state index contributed by atoms with van der Waals surface area (Å²) in [6.07, 6.45) is 0. The predicted molar refractivity (Wildman–Crippen MR) is 108 cm³/mol. The molecule has 29 heavy (non-hydrogen) atoms. The molecule has 138 valence electrons. The van der Waals surface area contributed by atoms with Gasteiger partial charge in [-0.25, -0.2) is 4.98 Å². The number of nitrogens with two attached hydrogens (primary N) is 1. The van der Waals surface area contributed by atoms with E-state index < -0.39 is 16.7 Å². The summed E-state index contributed by atoms with van der Waals surface area (Å²) in [7, 11) is 0. The molecule has 8 nitrogen and oxygen atoms in total. The number of nitriles is 1. The first-order valence-electron chi connectivity index (χ1n) is 8.65. The first kappa shape index (κ1) is 16.6. The molecule has 0 aliphatic heterocycles. The standard InChI is InChI=1S/C21H11N5O3/c22-10-14-15(11-6-2-1-3-7-11)16-18(24-17(14)23)25-19(27)12-8-4-5-9-13(12)20(28)26(25)21(16)29/h1-9H,(H2,23,24). The van der Waals surface area contributed by atoms with Gasteiger partial charge in [-0.15, -0.1) is 0 Å². The van der Waals surface area contributed by atoms with Gasteiger partial charge in [0, 0.05) is 5.56 Å². The molecule has 2 aromatic carbocycles. The van der Waals surface area contributed by atoms with Crippen LogP contribution in [0.25, 0.3) is 32.9 Å². The van der Waals surface area contributed by atoms with Crippen molar-refractivity contribution in [1.29, 1.82) is 5.26 Å². The number of pyridine rings is 1. The second-order valence-electron chi connectivity index (χ2n) is 6.51. The molecule has 0 bridgehead atoms. The van der Waals surface area contributed by atoms with Crippen LogP contribution in [0.3, 0.4) is 0 Å². The van der Waals surface area contributed by atoms with Crippen molar-refractivity contribution in [1.82, 2.24) is 14.0 Å². The van der Waals surface area contributed by atoms with Gasteiger partial charge in [0.2, 0.25) is 0 Å². The SMILES string of the molecule is N#Cc1c(N)nc2c(c1-c1ccccc1)c(=O)n1c(=O)c3ccccc3c(=O)n21. The molecule has 5 rings (SSSR count). The Morgan fingerprint density at radius 2 is 1.41 bits per heavy atom. The molecule has 5 aromatic rings. The minimum Gasteiger partial charge on any atom is -0.383 e. The Balaban J connectivity index is 2.17. The summed E-state index contributed by atoms with van der Waals surface area (Å²) < 4.78 is 1.70. The lowest BCUT2D eigenvalue weighted by molar-refractivity contribution is 0.766. The molecular formula is C21H11N5O3. The Kier molecular flexibility index (Phi) is 3.30. The maximum absolute atomic E-state index is 13.3. The van der Waals surface area contributed by atoms with Crippen molar-refractivity contribution in [2.45, 2.75) is 0 Å². The molecule has 3 aromatic heterocycles. The second kappa shape index (κ2) is 5.74. The molecule has 0 aliphatic rings. The lowest BCUT2D eigenvalue weighted by Crippen LogP contribution is -2.33. The molecule has 0 fully saturated rings. The fraction of sp³-hybridized carbons (Fsp3) is 0. The normalized spacial score (nSPS) is 11.3. The summed E-state index contributed by atoms with van der Waals surface area (Å²) in [4.78, 5) is 43.5. The summed E-state index contributed by atoms with van der Waals surface area (Å²) in [5.74, 6) is -0.126. The van der Waals surface area contributed by atoms with Crippen molar-refractivity contribution in [2.75, 3.05) is 5.73 Å². The van der Waals surface area contributed by atoms with Crippen molar-refractivity contribution in [3.63, 3.8) is 0 Å². The van der Waals surface area contributed by atoms with Crippen LogP contribution in [0.15, 0.2) is 69.0 Å². The van der Waals surface area contributed by atoms with E-state index in [4.69, 9.17) is 5.73 Å². The number of anilines is 1. The van der Waals surface area contributed by atoms with E-state index in [0.29, 0.717) is 5.56 Å². The van der Waals surface area contributed by atoms with Gasteiger partial charge in [-0.3, -0.25) is 14.4 Å². The maximum atomic E-state index is 13.3. The quantitative estimate of drug-likeness (QED) is 0.468. The Bertz CT molecular complexity index is 1680. The van der Waals surface area contributed by atoms with Crippen molar-refractivity contribution in [2.24, 2.45) is 0 Å². The smallest absolute Gasteiger partial charge is 0.284 e. The highest BCUT2D eigenvalue weighted by Crippen LogP contribution is 2.31. The van der Waals surface area contributed by atoms with Crippen LogP contribution in [0.5, 0.6) is 0 Å². The van der Waals surface area contributed by atoms with Crippen molar-refractivity contribution < 1.29 is 0 Å². The van der Waals surface area contributed by atoms with Crippen LogP contribution in [0.4, 0.5) is 5.82 Å². The average molecular weight is 381 g/mol. The van der Waals surface area contributed by atoms with Crippen LogP contribution in [0.1, 0.15) is 5.56 Å². The summed E-state index contributed by atoms with van der Waals surface area (Å²) in [5.41, 5.74) is 4.83. The molecule has 0 aliphatic carbocycles. The van der Waals surface area contributed by atoms with Crippen LogP contribution >= 0.6 is 0 Å². The van der Waals surface area contributed by atoms with E-state index in [1.54, 1.807) is 42.5 Å². The summed E-state index contributed by atoms with van der Waals surface area (Å²) in [6.45, 7) is 0. The molecule has 8 heteroatoms. The average Bonchev–Trinajstić information content (AvgIpc) is 3.04. The van der Waals surface area contributed by atoms with Crippen molar-refractivity contribution >= 4 is 27.6 Å². The highest BCUT2D eigenvalue weighted by Gasteiger charge is 2.24. The lowest BCUT2D eigenvalue weighted by atomic mass is 9.98. The molecule has 2 N–H and O–H groups in total. The van der Waals surface area contributed by atoms with Gasteiger partial charge in [-0.2, -0.15) is 14.3 Å². The Labute approximate surface area is 161 Å². The van der Waals surface area contributed by atoms with Gasteiger partial charge in [-0.05, 0) is 17.7 Å². The van der Waals surface area contributed by atoms with E-state index in [1.165, 1.54) is 12.1 Å². The Morgan fingerprint density at radius 1 is 0.828 bits per heavy atom. The molecular weight excluding hydrogens is 370 g/mol. The first-order valence-corrected chi connectivity index (χ1v) is 8.65. The van der Waals surface area contributed by atoms with E-state index in [-0.39, 0.29) is 38.8 Å². The minimum absolute atomic E-state index is 0.00328. The number of benzene rings is 2. The largest absolute Gasteiger partial charge is 0.383 e. The van der Waals surface area contributed by atoms with E-state index in [9.17, 15) is 19.6 Å². The molecule has 0 amide bonds. The van der Waals surface area contributed by atoms with Gasteiger partial charge in [0.1, 0.15) is 17.5 Å². The fourth-order valence-electron chi connectivity index (χ4n) is 3.70. The highest BCUT2D eigenvalue weighted by atomic mass is 16.2. The van der Waals surface area contributed by atoms with Gasteiger partial charge < -0.3 is 5.73 Å².